The highest BCUT2D eigenvalue weighted by Gasteiger charge is 2.42. The van der Waals surface area contributed by atoms with E-state index in [1.54, 1.807) is 0 Å². The molecule has 106 valence electrons. The van der Waals surface area contributed by atoms with Crippen LogP contribution in [0.1, 0.15) is 25.7 Å². The molecule has 1 aliphatic rings. The molecule has 18 heavy (non-hydrogen) atoms. The van der Waals surface area contributed by atoms with Crippen LogP contribution in [0.15, 0.2) is 0 Å². The molecule has 0 aromatic carbocycles. The maximum absolute atomic E-state index is 11.5. The molecule has 1 rings (SSSR count). The van der Waals surface area contributed by atoms with Gasteiger partial charge in [-0.3, -0.25) is 4.79 Å². The van der Waals surface area contributed by atoms with E-state index in [0.717, 1.165) is 19.1 Å². The van der Waals surface area contributed by atoms with Crippen molar-refractivity contribution < 1.29 is 26.7 Å². The molecule has 0 heterocycles. The van der Waals surface area contributed by atoms with Gasteiger partial charge in [0.25, 0.3) is 0 Å². The van der Waals surface area contributed by atoms with Crippen molar-refractivity contribution in [1.82, 2.24) is 4.72 Å². The molecule has 7 nitrogen and oxygen atoms in total. The van der Waals surface area contributed by atoms with Crippen molar-refractivity contribution in [3.05, 3.63) is 0 Å². The monoisotopic (exact) mass is 299 g/mol. The molecule has 2 N–H and O–H groups in total. The highest BCUT2D eigenvalue weighted by molar-refractivity contribution is 8.06. The van der Waals surface area contributed by atoms with Crippen LogP contribution in [0.3, 0.4) is 0 Å². The first kappa shape index (κ1) is 15.4. The molecule has 0 saturated heterocycles. The average molecular weight is 299 g/mol. The first-order valence-corrected chi connectivity index (χ1v) is 9.16. The number of sulfonamides is 1. The fraction of sp³-hybridized carbons (Fsp3) is 0.889. The Bertz CT molecular complexity index is 515. The van der Waals surface area contributed by atoms with Crippen LogP contribution in [0, 0.1) is 5.41 Å². The van der Waals surface area contributed by atoms with Gasteiger partial charge in [-0.05, 0) is 12.8 Å². The largest absolute Gasteiger partial charge is 0.481 e. The lowest BCUT2D eigenvalue weighted by Crippen LogP contribution is -2.42. The third kappa shape index (κ3) is 4.21. The molecule has 1 fully saturated rings. The first-order chi connectivity index (χ1) is 8.06. The van der Waals surface area contributed by atoms with E-state index in [9.17, 15) is 21.6 Å². The van der Waals surface area contributed by atoms with Gasteiger partial charge >= 0.3 is 5.97 Å². The Morgan fingerprint density at radius 1 is 1.22 bits per heavy atom. The van der Waals surface area contributed by atoms with E-state index in [2.05, 4.69) is 4.72 Å². The van der Waals surface area contributed by atoms with Crippen LogP contribution in [0.25, 0.3) is 0 Å². The molecule has 1 aliphatic carbocycles. The van der Waals surface area contributed by atoms with Gasteiger partial charge in [-0.1, -0.05) is 12.8 Å². The minimum absolute atomic E-state index is 0.250. The van der Waals surface area contributed by atoms with Gasteiger partial charge in [0.1, 0.15) is 0 Å². The Morgan fingerprint density at radius 3 is 2.11 bits per heavy atom. The second kappa shape index (κ2) is 5.14. The molecule has 0 aromatic rings. The van der Waals surface area contributed by atoms with Crippen molar-refractivity contribution in [3.63, 3.8) is 0 Å². The molecule has 0 unspecified atom stereocenters. The molecule has 0 amide bonds. The van der Waals surface area contributed by atoms with Gasteiger partial charge in [-0.2, -0.15) is 0 Å². The van der Waals surface area contributed by atoms with Gasteiger partial charge in [0.2, 0.25) is 10.0 Å². The quantitative estimate of drug-likeness (QED) is 0.686. The van der Waals surface area contributed by atoms with Crippen molar-refractivity contribution in [2.24, 2.45) is 5.41 Å². The summed E-state index contributed by atoms with van der Waals surface area (Å²) < 4.78 is 46.9. The average Bonchev–Trinajstić information content (AvgIpc) is 2.60. The van der Waals surface area contributed by atoms with Crippen LogP contribution in [-0.2, 0) is 24.7 Å². The van der Waals surface area contributed by atoms with Crippen molar-refractivity contribution in [2.45, 2.75) is 25.7 Å². The van der Waals surface area contributed by atoms with Crippen LogP contribution in [0.5, 0.6) is 0 Å². The highest BCUT2D eigenvalue weighted by atomic mass is 32.3. The second-order valence-corrected chi connectivity index (χ2v) is 9.08. The van der Waals surface area contributed by atoms with Gasteiger partial charge < -0.3 is 5.11 Å². The van der Waals surface area contributed by atoms with Crippen LogP contribution < -0.4 is 4.72 Å². The summed E-state index contributed by atoms with van der Waals surface area (Å²) in [5.74, 6) is -1.04. The Kier molecular flexibility index (Phi) is 4.39. The van der Waals surface area contributed by atoms with Gasteiger partial charge in [0.15, 0.2) is 14.9 Å². The van der Waals surface area contributed by atoms with Crippen LogP contribution in [0.4, 0.5) is 0 Å². The summed E-state index contributed by atoms with van der Waals surface area (Å²) in [6.07, 6.45) is 3.10. The normalized spacial score (nSPS) is 19.8. The molecule has 0 aromatic heterocycles. The number of aliphatic carboxylic acids is 1. The molecule has 0 spiro atoms. The van der Waals surface area contributed by atoms with E-state index >= 15 is 0 Å². The first-order valence-electron chi connectivity index (χ1n) is 5.45. The number of carboxylic acid groups (broad SMARTS) is 1. The number of carboxylic acids is 1. The standard InChI is InChI=1S/C9H17NO6S2/c1-17(13,14)7-18(15,16)10-6-9(8(11)12)4-2-3-5-9/h10H,2-7H2,1H3,(H,11,12). The SMILES string of the molecule is CS(=O)(=O)CS(=O)(=O)NCC1(C(=O)O)CCCC1. The number of rotatable bonds is 6. The van der Waals surface area contributed by atoms with Crippen molar-refractivity contribution in [1.29, 1.82) is 0 Å². The maximum atomic E-state index is 11.5. The van der Waals surface area contributed by atoms with Gasteiger partial charge in [0, 0.05) is 12.8 Å². The third-order valence-electron chi connectivity index (χ3n) is 3.01. The molecular weight excluding hydrogens is 282 g/mol. The molecule has 0 radical (unpaired) electrons. The predicted octanol–water partition coefficient (Wildman–Crippen LogP) is -0.447. The Hall–Kier alpha value is -0.670. The van der Waals surface area contributed by atoms with Crippen molar-refractivity contribution >= 4 is 25.8 Å². The topological polar surface area (TPSA) is 118 Å². The van der Waals surface area contributed by atoms with E-state index in [1.807, 2.05) is 0 Å². The fourth-order valence-corrected chi connectivity index (χ4v) is 5.17. The Morgan fingerprint density at radius 2 is 1.72 bits per heavy atom. The summed E-state index contributed by atoms with van der Waals surface area (Å²) >= 11 is 0. The summed E-state index contributed by atoms with van der Waals surface area (Å²) in [7, 11) is -7.67. The smallest absolute Gasteiger partial charge is 0.310 e. The number of nitrogens with one attached hydrogen (secondary N) is 1. The molecule has 1 saturated carbocycles. The zero-order valence-corrected chi connectivity index (χ0v) is 11.7. The van der Waals surface area contributed by atoms with E-state index in [0.29, 0.717) is 12.8 Å². The number of carbonyl (C=O) groups is 1. The lowest BCUT2D eigenvalue weighted by molar-refractivity contribution is -0.148. The molecular formula is C9H17NO6S2. The third-order valence-corrected chi connectivity index (χ3v) is 6.55. The predicted molar refractivity (Wildman–Crippen MR) is 65.2 cm³/mol. The lowest BCUT2D eigenvalue weighted by atomic mass is 9.87. The molecule has 0 bridgehead atoms. The number of sulfone groups is 1. The number of hydrogen-bond acceptors (Lipinski definition) is 5. The molecule has 9 heteroatoms. The Balaban J connectivity index is 2.72. The summed E-state index contributed by atoms with van der Waals surface area (Å²) in [4.78, 5) is 11.2. The summed E-state index contributed by atoms with van der Waals surface area (Å²) in [6.45, 7) is -0.250. The minimum atomic E-state index is -4.00. The van der Waals surface area contributed by atoms with Gasteiger partial charge in [0.05, 0.1) is 5.41 Å². The fourth-order valence-electron chi connectivity index (χ4n) is 2.09. The van der Waals surface area contributed by atoms with Crippen molar-refractivity contribution in [2.75, 3.05) is 17.9 Å². The van der Waals surface area contributed by atoms with E-state index in [1.165, 1.54) is 0 Å². The van der Waals surface area contributed by atoms with E-state index < -0.39 is 36.3 Å². The lowest BCUT2D eigenvalue weighted by Gasteiger charge is -2.23. The van der Waals surface area contributed by atoms with Crippen LogP contribution >= 0.6 is 0 Å². The van der Waals surface area contributed by atoms with Gasteiger partial charge in [-0.15, -0.1) is 0 Å². The van der Waals surface area contributed by atoms with Crippen molar-refractivity contribution in [3.8, 4) is 0 Å². The zero-order chi connectivity index (χ0) is 14.0. The number of hydrogen-bond donors (Lipinski definition) is 2. The van der Waals surface area contributed by atoms with E-state index in [-0.39, 0.29) is 6.54 Å². The molecule has 0 atom stereocenters. The highest BCUT2D eigenvalue weighted by Crippen LogP contribution is 2.37. The minimum Gasteiger partial charge on any atom is -0.481 e. The summed E-state index contributed by atoms with van der Waals surface area (Å²) in [6, 6.07) is 0. The zero-order valence-electron chi connectivity index (χ0n) is 10.0. The maximum Gasteiger partial charge on any atom is 0.310 e. The summed E-state index contributed by atoms with van der Waals surface area (Å²) in [5, 5.41) is 8.12. The summed E-state index contributed by atoms with van der Waals surface area (Å²) in [5.41, 5.74) is -1.09. The van der Waals surface area contributed by atoms with Crippen LogP contribution in [0.2, 0.25) is 0 Å². The Labute approximate surface area is 107 Å². The van der Waals surface area contributed by atoms with E-state index in [4.69, 9.17) is 5.11 Å². The second-order valence-electron chi connectivity index (χ2n) is 4.77. The van der Waals surface area contributed by atoms with Gasteiger partial charge in [-0.25, -0.2) is 21.6 Å². The van der Waals surface area contributed by atoms with Crippen LogP contribution in [-0.4, -0.2) is 45.8 Å². The molecule has 0 aliphatic heterocycles.